The second kappa shape index (κ2) is 7.23. The number of hydrogen-bond donors (Lipinski definition) is 3. The maximum absolute atomic E-state index is 8.29. The first-order valence-corrected chi connectivity index (χ1v) is 3.69. The Morgan fingerprint density at radius 3 is 2.75 bits per heavy atom. The summed E-state index contributed by atoms with van der Waals surface area (Å²) < 4.78 is 0. The van der Waals surface area contributed by atoms with E-state index in [1.807, 2.05) is 0 Å². The number of hydrazine groups is 1. The Morgan fingerprint density at radius 1 is 1.50 bits per heavy atom. The van der Waals surface area contributed by atoms with Crippen molar-refractivity contribution >= 4 is 11.8 Å². The van der Waals surface area contributed by atoms with Gasteiger partial charge in [0.2, 0.25) is 0 Å². The van der Waals surface area contributed by atoms with Crippen molar-refractivity contribution in [2.24, 2.45) is 5.84 Å². The largest absolute Gasteiger partial charge is 0.396 e. The van der Waals surface area contributed by atoms with Crippen LogP contribution in [0.5, 0.6) is 0 Å². The zero-order chi connectivity index (χ0) is 6.24. The van der Waals surface area contributed by atoms with Gasteiger partial charge in [0.15, 0.2) is 0 Å². The Hall–Kier alpha value is 0.230. The summed E-state index contributed by atoms with van der Waals surface area (Å²) in [4.78, 5) is 0. The Kier molecular flexibility index (Phi) is 7.44. The molecular formula is C4H12N2OS. The van der Waals surface area contributed by atoms with E-state index in [0.29, 0.717) is 0 Å². The molecule has 4 N–H and O–H groups in total. The normalized spacial score (nSPS) is 9.75. The fraction of sp³-hybridized carbons (Fsp3) is 1.00. The highest BCUT2D eigenvalue weighted by atomic mass is 32.2. The van der Waals surface area contributed by atoms with Crippen molar-refractivity contribution < 1.29 is 5.11 Å². The zero-order valence-electron chi connectivity index (χ0n) is 4.76. The number of aliphatic hydroxyl groups is 1. The molecule has 0 amide bonds. The van der Waals surface area contributed by atoms with Crippen LogP contribution in [0.15, 0.2) is 0 Å². The molecular weight excluding hydrogens is 124 g/mol. The molecule has 4 heteroatoms. The summed E-state index contributed by atoms with van der Waals surface area (Å²) in [5, 5.41) is 8.29. The molecule has 0 unspecified atom stereocenters. The molecule has 0 fully saturated rings. The van der Waals surface area contributed by atoms with Gasteiger partial charge in [0.1, 0.15) is 0 Å². The molecule has 0 aromatic heterocycles. The van der Waals surface area contributed by atoms with E-state index in [4.69, 9.17) is 10.9 Å². The van der Waals surface area contributed by atoms with Crippen molar-refractivity contribution in [2.75, 3.05) is 24.7 Å². The summed E-state index contributed by atoms with van der Waals surface area (Å²) in [5.74, 6) is 6.76. The van der Waals surface area contributed by atoms with Crippen molar-refractivity contribution in [1.82, 2.24) is 5.43 Å². The predicted octanol–water partition coefficient (Wildman–Crippen LogP) is -0.825. The zero-order valence-corrected chi connectivity index (χ0v) is 5.58. The molecule has 0 heterocycles. The van der Waals surface area contributed by atoms with E-state index in [2.05, 4.69) is 5.43 Å². The van der Waals surface area contributed by atoms with E-state index >= 15 is 0 Å². The lowest BCUT2D eigenvalue weighted by molar-refractivity contribution is 0.322. The monoisotopic (exact) mass is 136 g/mol. The summed E-state index contributed by atoms with van der Waals surface area (Å²) in [6.45, 7) is 1.07. The molecule has 0 aromatic rings. The van der Waals surface area contributed by atoms with Gasteiger partial charge in [-0.15, -0.1) is 0 Å². The standard InChI is InChI=1S/C4H12N2OS/c5-6-1-3-8-4-2-7/h6-7H,1-5H2. The maximum Gasteiger partial charge on any atom is 0.0521 e. The van der Waals surface area contributed by atoms with Gasteiger partial charge in [-0.05, 0) is 0 Å². The fourth-order valence-electron chi connectivity index (χ4n) is 0.298. The number of aliphatic hydroxyl groups excluding tert-OH is 1. The van der Waals surface area contributed by atoms with Crippen LogP contribution in [-0.2, 0) is 0 Å². The van der Waals surface area contributed by atoms with Crippen LogP contribution in [0.4, 0.5) is 0 Å². The van der Waals surface area contributed by atoms with E-state index in [1.165, 1.54) is 0 Å². The molecule has 0 aliphatic heterocycles. The molecule has 0 bridgehead atoms. The third-order valence-corrected chi connectivity index (χ3v) is 1.59. The minimum Gasteiger partial charge on any atom is -0.396 e. The van der Waals surface area contributed by atoms with Gasteiger partial charge >= 0.3 is 0 Å². The summed E-state index contributed by atoms with van der Waals surface area (Å²) in [5.41, 5.74) is 2.52. The molecule has 0 saturated heterocycles. The molecule has 50 valence electrons. The van der Waals surface area contributed by atoms with Crippen LogP contribution < -0.4 is 11.3 Å². The van der Waals surface area contributed by atoms with Crippen molar-refractivity contribution in [3.8, 4) is 0 Å². The highest BCUT2D eigenvalue weighted by Gasteiger charge is 1.83. The number of rotatable bonds is 5. The quantitative estimate of drug-likeness (QED) is 0.262. The van der Waals surface area contributed by atoms with Crippen LogP contribution in [-0.4, -0.2) is 29.8 Å². The van der Waals surface area contributed by atoms with E-state index in [-0.39, 0.29) is 6.61 Å². The first-order valence-electron chi connectivity index (χ1n) is 2.54. The van der Waals surface area contributed by atoms with E-state index in [9.17, 15) is 0 Å². The van der Waals surface area contributed by atoms with Crippen molar-refractivity contribution in [3.63, 3.8) is 0 Å². The minimum atomic E-state index is 0.259. The van der Waals surface area contributed by atoms with Gasteiger partial charge in [-0.1, -0.05) is 0 Å². The average Bonchev–Trinajstić information content (AvgIpc) is 1.81. The molecule has 0 spiro atoms. The van der Waals surface area contributed by atoms with Gasteiger partial charge in [0.05, 0.1) is 6.61 Å². The number of nitrogens with one attached hydrogen (secondary N) is 1. The van der Waals surface area contributed by atoms with Crippen molar-refractivity contribution in [2.45, 2.75) is 0 Å². The highest BCUT2D eigenvalue weighted by molar-refractivity contribution is 7.99. The van der Waals surface area contributed by atoms with Crippen LogP contribution in [0.1, 0.15) is 0 Å². The minimum absolute atomic E-state index is 0.259. The van der Waals surface area contributed by atoms with Crippen molar-refractivity contribution in [1.29, 1.82) is 0 Å². The number of hydrogen-bond acceptors (Lipinski definition) is 4. The summed E-state index contributed by atoms with van der Waals surface area (Å²) in [6, 6.07) is 0. The predicted molar refractivity (Wildman–Crippen MR) is 36.6 cm³/mol. The molecule has 0 saturated carbocycles. The fourth-order valence-corrected chi connectivity index (χ4v) is 0.893. The van der Waals surface area contributed by atoms with Gasteiger partial charge < -0.3 is 5.11 Å². The van der Waals surface area contributed by atoms with Gasteiger partial charge in [-0.25, -0.2) is 0 Å². The Bertz CT molecular complexity index is 39.0. The Morgan fingerprint density at radius 2 is 2.25 bits per heavy atom. The van der Waals surface area contributed by atoms with Crippen LogP contribution in [0, 0.1) is 0 Å². The molecule has 3 nitrogen and oxygen atoms in total. The molecule has 0 aliphatic rings. The summed E-state index contributed by atoms with van der Waals surface area (Å²) >= 11 is 1.69. The van der Waals surface area contributed by atoms with E-state index in [0.717, 1.165) is 18.1 Å². The molecule has 8 heavy (non-hydrogen) atoms. The summed E-state index contributed by atoms with van der Waals surface area (Å²) in [6.07, 6.45) is 0. The van der Waals surface area contributed by atoms with Crippen LogP contribution in [0.25, 0.3) is 0 Å². The van der Waals surface area contributed by atoms with Crippen LogP contribution >= 0.6 is 11.8 Å². The van der Waals surface area contributed by atoms with Crippen LogP contribution in [0.2, 0.25) is 0 Å². The smallest absolute Gasteiger partial charge is 0.0521 e. The molecule has 0 rings (SSSR count). The lowest BCUT2D eigenvalue weighted by atomic mass is 10.8. The summed E-state index contributed by atoms with van der Waals surface area (Å²) in [7, 11) is 0. The molecule has 0 atom stereocenters. The van der Waals surface area contributed by atoms with Gasteiger partial charge in [-0.2, -0.15) is 11.8 Å². The maximum atomic E-state index is 8.29. The van der Waals surface area contributed by atoms with E-state index < -0.39 is 0 Å². The first-order chi connectivity index (χ1) is 3.91. The van der Waals surface area contributed by atoms with Gasteiger partial charge in [0, 0.05) is 18.1 Å². The van der Waals surface area contributed by atoms with Gasteiger partial charge in [0.25, 0.3) is 0 Å². The van der Waals surface area contributed by atoms with E-state index in [1.54, 1.807) is 11.8 Å². The third-order valence-electron chi connectivity index (χ3n) is 0.626. The second-order valence-corrected chi connectivity index (χ2v) is 2.51. The topological polar surface area (TPSA) is 58.3 Å². The van der Waals surface area contributed by atoms with Crippen LogP contribution in [0.3, 0.4) is 0 Å². The molecule has 0 aromatic carbocycles. The first kappa shape index (κ1) is 8.23. The highest BCUT2D eigenvalue weighted by Crippen LogP contribution is 1.94. The number of nitrogens with two attached hydrogens (primary N) is 1. The molecule has 0 aliphatic carbocycles. The average molecular weight is 136 g/mol. The SMILES string of the molecule is NNCCSCCO. The van der Waals surface area contributed by atoms with Gasteiger partial charge in [-0.3, -0.25) is 11.3 Å². The number of thioether (sulfide) groups is 1. The Labute approximate surface area is 53.6 Å². The molecule has 0 radical (unpaired) electrons. The third kappa shape index (κ3) is 6.23. The lowest BCUT2D eigenvalue weighted by Gasteiger charge is -1.95. The Balaban J connectivity index is 2.53. The lowest BCUT2D eigenvalue weighted by Crippen LogP contribution is -2.24. The second-order valence-electron chi connectivity index (χ2n) is 1.29. The van der Waals surface area contributed by atoms with Crippen molar-refractivity contribution in [3.05, 3.63) is 0 Å².